The van der Waals surface area contributed by atoms with E-state index in [0.717, 1.165) is 65.0 Å². The van der Waals surface area contributed by atoms with Crippen LogP contribution in [-0.2, 0) is 19.3 Å². The average molecular weight is 595 g/mol. The van der Waals surface area contributed by atoms with Crippen LogP contribution in [0.2, 0.25) is 0 Å². The predicted molar refractivity (Wildman–Crippen MR) is 173 cm³/mol. The lowest BCUT2D eigenvalue weighted by atomic mass is 10.0. The van der Waals surface area contributed by atoms with Crippen molar-refractivity contribution in [2.24, 2.45) is 0 Å². The van der Waals surface area contributed by atoms with Crippen molar-refractivity contribution in [3.63, 3.8) is 0 Å². The van der Waals surface area contributed by atoms with Gasteiger partial charge in [0, 0.05) is 31.2 Å². The summed E-state index contributed by atoms with van der Waals surface area (Å²) in [5.41, 5.74) is 3.16. The summed E-state index contributed by atoms with van der Waals surface area (Å²) in [6.07, 6.45) is 20.4. The van der Waals surface area contributed by atoms with Crippen LogP contribution in [0.1, 0.15) is 130 Å². The van der Waals surface area contributed by atoms with Gasteiger partial charge in [-0.15, -0.1) is 0 Å². The number of hydrogen-bond donors (Lipinski definition) is 1. The van der Waals surface area contributed by atoms with Crippen molar-refractivity contribution in [2.45, 2.75) is 123 Å². The number of carbonyl (C=O) groups excluding carboxylic acids is 1. The standard InChI is InChI=1S/C35H50N2O4S/c1-3-5-6-7-8-9-10-11-12-13-14-15-16-17-33(38)37-34(39)32(42-35(37)40)26-29-19-22-31(23-20-29)41-25-24-30-21-18-28(4-2)27-36-30/h18-23,27,39H,3-17,24-26H2,1-2H3. The number of aromatic nitrogens is 2. The Balaban J connectivity index is 1.33. The van der Waals surface area contributed by atoms with Gasteiger partial charge in [-0.3, -0.25) is 14.6 Å². The highest BCUT2D eigenvalue weighted by Gasteiger charge is 2.19. The molecule has 0 atom stereocenters. The van der Waals surface area contributed by atoms with Crippen LogP contribution < -0.4 is 9.61 Å². The van der Waals surface area contributed by atoms with E-state index in [0.29, 0.717) is 17.9 Å². The molecule has 42 heavy (non-hydrogen) atoms. The largest absolute Gasteiger partial charge is 0.493 e. The van der Waals surface area contributed by atoms with E-state index < -0.39 is 4.87 Å². The minimum absolute atomic E-state index is 0.216. The molecular formula is C35H50N2O4S. The van der Waals surface area contributed by atoms with E-state index in [4.69, 9.17) is 4.74 Å². The van der Waals surface area contributed by atoms with Crippen LogP contribution in [-0.4, -0.2) is 27.2 Å². The van der Waals surface area contributed by atoms with Crippen molar-refractivity contribution in [1.29, 1.82) is 0 Å². The van der Waals surface area contributed by atoms with Crippen molar-refractivity contribution < 1.29 is 14.6 Å². The number of carbonyl (C=O) groups is 1. The molecule has 0 aliphatic rings. The number of nitrogens with zero attached hydrogens (tertiary/aromatic N) is 2. The second-order valence-electron chi connectivity index (χ2n) is 11.3. The minimum atomic E-state index is -0.414. The molecule has 7 heteroatoms. The van der Waals surface area contributed by atoms with E-state index in [1.54, 1.807) is 0 Å². The zero-order chi connectivity index (χ0) is 30.0. The molecule has 3 aromatic rings. The molecular weight excluding hydrogens is 544 g/mol. The number of rotatable bonds is 21. The highest BCUT2D eigenvalue weighted by Crippen LogP contribution is 2.25. The molecule has 0 bridgehead atoms. The summed E-state index contributed by atoms with van der Waals surface area (Å²) in [4.78, 5) is 29.8. The Morgan fingerprint density at radius 2 is 1.43 bits per heavy atom. The molecule has 1 N–H and O–H groups in total. The summed E-state index contributed by atoms with van der Waals surface area (Å²) in [5, 5.41) is 10.7. The van der Waals surface area contributed by atoms with Crippen LogP contribution in [0.25, 0.3) is 0 Å². The molecule has 2 aromatic heterocycles. The van der Waals surface area contributed by atoms with Crippen LogP contribution >= 0.6 is 11.3 Å². The fraction of sp³-hybridized carbons (Fsp3) is 0.571. The van der Waals surface area contributed by atoms with Crippen LogP contribution in [0.5, 0.6) is 11.6 Å². The summed E-state index contributed by atoms with van der Waals surface area (Å²) < 4.78 is 6.82. The second-order valence-corrected chi connectivity index (χ2v) is 12.3. The van der Waals surface area contributed by atoms with Crippen molar-refractivity contribution >= 4 is 17.2 Å². The summed E-state index contributed by atoms with van der Waals surface area (Å²) in [5.74, 6) is 0.226. The van der Waals surface area contributed by atoms with Gasteiger partial charge in [-0.05, 0) is 42.2 Å². The van der Waals surface area contributed by atoms with Gasteiger partial charge in [0.2, 0.25) is 11.8 Å². The van der Waals surface area contributed by atoms with Crippen molar-refractivity contribution in [3.8, 4) is 11.6 Å². The Kier molecular flexibility index (Phi) is 15.4. The van der Waals surface area contributed by atoms with E-state index in [1.165, 1.54) is 69.8 Å². The van der Waals surface area contributed by atoms with Gasteiger partial charge >= 0.3 is 4.87 Å². The summed E-state index contributed by atoms with van der Waals surface area (Å²) in [7, 11) is 0. The molecule has 0 spiro atoms. The number of thiazole rings is 1. The summed E-state index contributed by atoms with van der Waals surface area (Å²) in [6.45, 7) is 4.90. The Bertz CT molecular complexity index is 1230. The van der Waals surface area contributed by atoms with Crippen molar-refractivity contribution in [1.82, 2.24) is 9.55 Å². The van der Waals surface area contributed by atoms with Crippen LogP contribution in [0.3, 0.4) is 0 Å². The Morgan fingerprint density at radius 3 is 2.00 bits per heavy atom. The van der Waals surface area contributed by atoms with Gasteiger partial charge in [0.25, 0.3) is 0 Å². The number of aryl methyl sites for hydroxylation is 1. The van der Waals surface area contributed by atoms with Gasteiger partial charge in [-0.2, -0.15) is 0 Å². The molecule has 0 saturated carbocycles. The number of unbranched alkanes of at least 4 members (excludes halogenated alkanes) is 12. The maximum Gasteiger partial charge on any atom is 0.317 e. The van der Waals surface area contributed by atoms with Crippen LogP contribution in [0.4, 0.5) is 0 Å². The van der Waals surface area contributed by atoms with Crippen LogP contribution in [0, 0.1) is 0 Å². The third kappa shape index (κ3) is 11.7. The van der Waals surface area contributed by atoms with Gasteiger partial charge in [-0.1, -0.05) is 120 Å². The highest BCUT2D eigenvalue weighted by molar-refractivity contribution is 7.09. The first kappa shape index (κ1) is 33.6. The van der Waals surface area contributed by atoms with E-state index >= 15 is 0 Å². The molecule has 0 saturated heterocycles. The fourth-order valence-corrected chi connectivity index (χ4v) is 6.04. The van der Waals surface area contributed by atoms with Gasteiger partial charge < -0.3 is 9.84 Å². The maximum atomic E-state index is 12.7. The van der Waals surface area contributed by atoms with E-state index in [-0.39, 0.29) is 18.2 Å². The SMILES string of the molecule is CCCCCCCCCCCCCCCC(=O)n1c(O)c(Cc2ccc(OCCc3ccc(CC)cn3)cc2)sc1=O. The third-order valence-electron chi connectivity index (χ3n) is 7.81. The quantitative estimate of drug-likeness (QED) is 0.125. The van der Waals surface area contributed by atoms with E-state index in [2.05, 4.69) is 24.9 Å². The molecule has 0 aliphatic heterocycles. The molecule has 0 amide bonds. The Hall–Kier alpha value is -2.93. The predicted octanol–water partition coefficient (Wildman–Crippen LogP) is 8.91. The fourth-order valence-electron chi connectivity index (χ4n) is 5.12. The first-order valence-corrected chi connectivity index (χ1v) is 17.0. The average Bonchev–Trinajstić information content (AvgIpc) is 3.28. The number of pyridine rings is 1. The summed E-state index contributed by atoms with van der Waals surface area (Å²) in [6, 6.07) is 11.8. The molecule has 2 heterocycles. The molecule has 230 valence electrons. The zero-order valence-electron chi connectivity index (χ0n) is 25.7. The molecule has 6 nitrogen and oxygen atoms in total. The lowest BCUT2D eigenvalue weighted by Gasteiger charge is -2.08. The molecule has 0 unspecified atom stereocenters. The topological polar surface area (TPSA) is 81.4 Å². The third-order valence-corrected chi connectivity index (χ3v) is 8.74. The normalized spacial score (nSPS) is 11.2. The van der Waals surface area contributed by atoms with Gasteiger partial charge in [-0.25, -0.2) is 4.57 Å². The Morgan fingerprint density at radius 1 is 0.833 bits per heavy atom. The van der Waals surface area contributed by atoms with Crippen molar-refractivity contribution in [3.05, 3.63) is 74.0 Å². The molecule has 0 radical (unpaired) electrons. The Labute approximate surface area is 256 Å². The second kappa shape index (κ2) is 19.3. The summed E-state index contributed by atoms with van der Waals surface area (Å²) >= 11 is 0.943. The van der Waals surface area contributed by atoms with Gasteiger partial charge in [0.15, 0.2) is 0 Å². The maximum absolute atomic E-state index is 12.7. The molecule has 0 fully saturated rings. The molecule has 1 aromatic carbocycles. The number of hydrogen-bond acceptors (Lipinski definition) is 6. The van der Waals surface area contributed by atoms with Crippen molar-refractivity contribution in [2.75, 3.05) is 6.61 Å². The lowest BCUT2D eigenvalue weighted by Crippen LogP contribution is -2.20. The van der Waals surface area contributed by atoms with E-state index in [1.807, 2.05) is 36.5 Å². The van der Waals surface area contributed by atoms with E-state index in [9.17, 15) is 14.7 Å². The monoisotopic (exact) mass is 594 g/mol. The number of benzene rings is 1. The van der Waals surface area contributed by atoms with Gasteiger partial charge in [0.1, 0.15) is 5.75 Å². The number of ether oxygens (including phenoxy) is 1. The first-order chi connectivity index (χ1) is 20.5. The van der Waals surface area contributed by atoms with Crippen LogP contribution in [0.15, 0.2) is 47.4 Å². The number of aromatic hydroxyl groups is 1. The molecule has 3 rings (SSSR count). The first-order valence-electron chi connectivity index (χ1n) is 16.1. The minimum Gasteiger partial charge on any atom is -0.493 e. The lowest BCUT2D eigenvalue weighted by molar-refractivity contribution is 0.0886. The molecule has 0 aliphatic carbocycles. The van der Waals surface area contributed by atoms with Gasteiger partial charge in [0.05, 0.1) is 11.5 Å². The highest BCUT2D eigenvalue weighted by atomic mass is 32.1. The smallest absolute Gasteiger partial charge is 0.317 e. The zero-order valence-corrected chi connectivity index (χ0v) is 26.6.